The number of nitrogens with two attached hydrogens (primary N) is 1. The van der Waals surface area contributed by atoms with Crippen molar-refractivity contribution in [2.75, 3.05) is 6.54 Å². The first-order valence-corrected chi connectivity index (χ1v) is 6.12. The van der Waals surface area contributed by atoms with E-state index in [0.717, 1.165) is 12.8 Å². The van der Waals surface area contributed by atoms with Crippen LogP contribution in [-0.4, -0.2) is 6.54 Å². The number of aryl methyl sites for hydroxylation is 1. The predicted molar refractivity (Wildman–Crippen MR) is 73.2 cm³/mol. The van der Waals surface area contributed by atoms with Crippen molar-refractivity contribution in [3.63, 3.8) is 0 Å². The molecule has 0 aromatic heterocycles. The quantitative estimate of drug-likeness (QED) is 0.850. The van der Waals surface area contributed by atoms with Gasteiger partial charge in [-0.1, -0.05) is 48.5 Å². The molecule has 2 N–H and O–H groups in total. The second-order valence-corrected chi connectivity index (χ2v) is 4.41. The average molecular weight is 225 g/mol. The van der Waals surface area contributed by atoms with Crippen molar-refractivity contribution < 1.29 is 0 Å². The molecule has 1 nitrogen and oxygen atoms in total. The van der Waals surface area contributed by atoms with Gasteiger partial charge in [-0.05, 0) is 48.6 Å². The zero-order valence-corrected chi connectivity index (χ0v) is 10.3. The highest BCUT2D eigenvalue weighted by Gasteiger charge is 2.03. The van der Waals surface area contributed by atoms with E-state index in [1.807, 2.05) is 0 Å². The van der Waals surface area contributed by atoms with Gasteiger partial charge in [-0.25, -0.2) is 0 Å². The van der Waals surface area contributed by atoms with Crippen LogP contribution in [0.4, 0.5) is 0 Å². The van der Waals surface area contributed by atoms with Crippen LogP contribution in [-0.2, 0) is 12.8 Å². The lowest BCUT2D eigenvalue weighted by molar-refractivity contribution is 0.944. The van der Waals surface area contributed by atoms with E-state index in [9.17, 15) is 0 Å². The Balaban J connectivity index is 2.27. The second-order valence-electron chi connectivity index (χ2n) is 4.41. The summed E-state index contributed by atoms with van der Waals surface area (Å²) in [5, 5.41) is 0. The Labute approximate surface area is 103 Å². The molecule has 1 heteroatoms. The van der Waals surface area contributed by atoms with Gasteiger partial charge in [0.05, 0.1) is 0 Å². The van der Waals surface area contributed by atoms with Gasteiger partial charge in [-0.2, -0.15) is 0 Å². The molecule has 0 saturated heterocycles. The van der Waals surface area contributed by atoms with Crippen molar-refractivity contribution in [1.82, 2.24) is 0 Å². The Bertz CT molecular complexity index is 488. The molecule has 0 spiro atoms. The summed E-state index contributed by atoms with van der Waals surface area (Å²) in [4.78, 5) is 0. The average Bonchev–Trinajstić information content (AvgIpc) is 2.35. The summed E-state index contributed by atoms with van der Waals surface area (Å²) in [6.07, 6.45) is 1.96. The lowest BCUT2D eigenvalue weighted by Gasteiger charge is -2.10. The number of benzene rings is 2. The summed E-state index contributed by atoms with van der Waals surface area (Å²) in [6, 6.07) is 17.1. The van der Waals surface area contributed by atoms with Crippen LogP contribution in [0.3, 0.4) is 0 Å². The maximum Gasteiger partial charge on any atom is -0.00204 e. The van der Waals surface area contributed by atoms with E-state index >= 15 is 0 Å². The molecule has 0 aliphatic rings. The van der Waals surface area contributed by atoms with Crippen LogP contribution in [0.1, 0.15) is 22.3 Å². The van der Waals surface area contributed by atoms with Crippen LogP contribution in [0, 0.1) is 6.92 Å². The third-order valence-corrected chi connectivity index (χ3v) is 3.17. The third kappa shape index (κ3) is 2.95. The molecule has 2 aromatic rings. The fraction of sp³-hybridized carbons (Fsp3) is 0.250. The lowest BCUT2D eigenvalue weighted by Crippen LogP contribution is -2.05. The number of hydrogen-bond acceptors (Lipinski definition) is 1. The van der Waals surface area contributed by atoms with Gasteiger partial charge in [-0.15, -0.1) is 0 Å². The minimum absolute atomic E-state index is 0.713. The van der Waals surface area contributed by atoms with E-state index in [-0.39, 0.29) is 0 Å². The Morgan fingerprint density at radius 1 is 0.824 bits per heavy atom. The first-order chi connectivity index (χ1) is 8.31. The van der Waals surface area contributed by atoms with E-state index in [1.54, 1.807) is 0 Å². The van der Waals surface area contributed by atoms with Crippen molar-refractivity contribution in [2.45, 2.75) is 19.8 Å². The van der Waals surface area contributed by atoms with Crippen LogP contribution in [0.5, 0.6) is 0 Å². The molecule has 0 fully saturated rings. The van der Waals surface area contributed by atoms with Crippen LogP contribution in [0.2, 0.25) is 0 Å². The summed E-state index contributed by atoms with van der Waals surface area (Å²) < 4.78 is 0. The maximum absolute atomic E-state index is 5.65. The van der Waals surface area contributed by atoms with Gasteiger partial charge in [0.15, 0.2) is 0 Å². The summed E-state index contributed by atoms with van der Waals surface area (Å²) >= 11 is 0. The molecule has 0 saturated carbocycles. The maximum atomic E-state index is 5.65. The summed E-state index contributed by atoms with van der Waals surface area (Å²) in [6.45, 7) is 2.88. The molecule has 0 unspecified atom stereocenters. The van der Waals surface area contributed by atoms with Gasteiger partial charge in [0.1, 0.15) is 0 Å². The van der Waals surface area contributed by atoms with Crippen LogP contribution in [0.25, 0.3) is 0 Å². The number of rotatable bonds is 4. The summed E-state index contributed by atoms with van der Waals surface area (Å²) in [5.41, 5.74) is 11.2. The fourth-order valence-corrected chi connectivity index (χ4v) is 2.14. The molecule has 0 radical (unpaired) electrons. The highest BCUT2D eigenvalue weighted by Crippen LogP contribution is 2.17. The Hall–Kier alpha value is -1.60. The zero-order valence-electron chi connectivity index (χ0n) is 10.3. The molecule has 2 aromatic carbocycles. The number of hydrogen-bond donors (Lipinski definition) is 1. The molecule has 88 valence electrons. The SMILES string of the molecule is Cc1ccccc1Cc1ccccc1CCN. The first kappa shape index (κ1) is 11.9. The molecule has 2 rings (SSSR count). The van der Waals surface area contributed by atoms with E-state index in [0.29, 0.717) is 6.54 Å². The van der Waals surface area contributed by atoms with Crippen molar-refractivity contribution in [2.24, 2.45) is 5.73 Å². The van der Waals surface area contributed by atoms with Crippen molar-refractivity contribution in [3.8, 4) is 0 Å². The van der Waals surface area contributed by atoms with Crippen LogP contribution in [0.15, 0.2) is 48.5 Å². The Morgan fingerprint density at radius 2 is 1.41 bits per heavy atom. The van der Waals surface area contributed by atoms with Gasteiger partial charge >= 0.3 is 0 Å². The van der Waals surface area contributed by atoms with E-state index in [1.165, 1.54) is 22.3 Å². The van der Waals surface area contributed by atoms with Crippen molar-refractivity contribution in [1.29, 1.82) is 0 Å². The predicted octanol–water partition coefficient (Wildman–Crippen LogP) is 3.09. The fourth-order valence-electron chi connectivity index (χ4n) is 2.14. The second kappa shape index (κ2) is 5.65. The Kier molecular flexibility index (Phi) is 3.94. The molecule has 0 aliphatic heterocycles. The molecule has 0 atom stereocenters. The van der Waals surface area contributed by atoms with E-state index in [4.69, 9.17) is 5.73 Å². The lowest BCUT2D eigenvalue weighted by atomic mass is 9.96. The van der Waals surface area contributed by atoms with Gasteiger partial charge in [0, 0.05) is 0 Å². The topological polar surface area (TPSA) is 26.0 Å². The largest absolute Gasteiger partial charge is 0.330 e. The third-order valence-electron chi connectivity index (χ3n) is 3.17. The molecule has 0 aliphatic carbocycles. The smallest absolute Gasteiger partial charge is 0.00204 e. The first-order valence-electron chi connectivity index (χ1n) is 6.12. The Morgan fingerprint density at radius 3 is 2.06 bits per heavy atom. The monoisotopic (exact) mass is 225 g/mol. The van der Waals surface area contributed by atoms with Gasteiger partial charge < -0.3 is 5.73 Å². The summed E-state index contributed by atoms with van der Waals surface area (Å²) in [5.74, 6) is 0. The normalized spacial score (nSPS) is 10.5. The van der Waals surface area contributed by atoms with Gasteiger partial charge in [0.2, 0.25) is 0 Å². The minimum atomic E-state index is 0.713. The minimum Gasteiger partial charge on any atom is -0.330 e. The van der Waals surface area contributed by atoms with Gasteiger partial charge in [0.25, 0.3) is 0 Å². The molecule has 17 heavy (non-hydrogen) atoms. The molecule has 0 bridgehead atoms. The molecule has 0 heterocycles. The van der Waals surface area contributed by atoms with E-state index < -0.39 is 0 Å². The van der Waals surface area contributed by atoms with Crippen molar-refractivity contribution >= 4 is 0 Å². The molecular formula is C16H19N. The highest BCUT2D eigenvalue weighted by atomic mass is 14.5. The zero-order chi connectivity index (χ0) is 12.1. The van der Waals surface area contributed by atoms with E-state index in [2.05, 4.69) is 55.5 Å². The molecular weight excluding hydrogens is 206 g/mol. The van der Waals surface area contributed by atoms with Crippen molar-refractivity contribution in [3.05, 3.63) is 70.8 Å². The van der Waals surface area contributed by atoms with Crippen LogP contribution < -0.4 is 5.73 Å². The summed E-state index contributed by atoms with van der Waals surface area (Å²) in [7, 11) is 0. The molecule has 0 amide bonds. The standard InChI is InChI=1S/C16H19N/c1-13-6-2-3-8-15(13)12-16-9-5-4-7-14(16)10-11-17/h2-9H,10-12,17H2,1H3. The van der Waals surface area contributed by atoms with Crippen LogP contribution >= 0.6 is 0 Å². The van der Waals surface area contributed by atoms with Gasteiger partial charge in [-0.3, -0.25) is 0 Å². The highest BCUT2D eigenvalue weighted by molar-refractivity contribution is 5.36.